The molecule has 2 heterocycles. The summed E-state index contributed by atoms with van der Waals surface area (Å²) in [6.07, 6.45) is -0.327. The van der Waals surface area contributed by atoms with Crippen molar-refractivity contribution in [2.45, 2.75) is 6.42 Å². The number of aromatic hydroxyl groups is 4. The summed E-state index contributed by atoms with van der Waals surface area (Å²) in [5, 5.41) is 39.7. The Bertz CT molecular complexity index is 1350. The van der Waals surface area contributed by atoms with Crippen LogP contribution in [0.1, 0.15) is 11.1 Å². The first-order valence-corrected chi connectivity index (χ1v) is 8.87. The molecule has 4 N–H and O–H groups in total. The molecule has 0 saturated carbocycles. The molecule has 10 heteroatoms. The van der Waals surface area contributed by atoms with Crippen LogP contribution in [0.2, 0.25) is 0 Å². The Hall–Kier alpha value is -4.34. The van der Waals surface area contributed by atoms with Crippen LogP contribution < -0.4 is 20.7 Å². The van der Waals surface area contributed by atoms with Gasteiger partial charge in [0, 0.05) is 6.42 Å². The quantitative estimate of drug-likeness (QED) is 0.280. The molecule has 2 aromatic heterocycles. The Morgan fingerprint density at radius 3 is 1.45 bits per heavy atom. The number of hydrogen-bond donors (Lipinski definition) is 4. The van der Waals surface area contributed by atoms with Crippen molar-refractivity contribution in [3.63, 3.8) is 0 Å². The number of hydrogen-bond acceptors (Lipinski definition) is 10. The van der Waals surface area contributed by atoms with Crippen molar-refractivity contribution < 1.29 is 38.7 Å². The number of methoxy groups -OCH3 is 2. The second kappa shape index (κ2) is 7.17. The van der Waals surface area contributed by atoms with Crippen LogP contribution in [0.5, 0.6) is 34.5 Å². The fraction of sp³-hybridized carbons (Fsp3) is 0.143. The highest BCUT2D eigenvalue weighted by Gasteiger charge is 2.25. The van der Waals surface area contributed by atoms with E-state index in [4.69, 9.17) is 18.3 Å². The molecule has 10 nitrogen and oxygen atoms in total. The zero-order chi connectivity index (χ0) is 22.4. The van der Waals surface area contributed by atoms with Gasteiger partial charge in [0.15, 0.2) is 22.7 Å². The zero-order valence-corrected chi connectivity index (χ0v) is 16.3. The third-order valence-corrected chi connectivity index (χ3v) is 4.90. The number of fused-ring (bicyclic) bond motifs is 2. The second-order valence-corrected chi connectivity index (χ2v) is 6.60. The van der Waals surface area contributed by atoms with Crippen LogP contribution in [0.4, 0.5) is 0 Å². The number of ether oxygens (including phenoxy) is 2. The van der Waals surface area contributed by atoms with Crippen LogP contribution in [0.25, 0.3) is 21.9 Å². The summed E-state index contributed by atoms with van der Waals surface area (Å²) in [6.45, 7) is 0. The van der Waals surface area contributed by atoms with E-state index in [1.54, 1.807) is 0 Å². The van der Waals surface area contributed by atoms with Crippen LogP contribution in [0.3, 0.4) is 0 Å². The lowest BCUT2D eigenvalue weighted by atomic mass is 10.0. The maximum atomic E-state index is 12.7. The van der Waals surface area contributed by atoms with Crippen molar-refractivity contribution in [3.05, 3.63) is 56.2 Å². The first kappa shape index (κ1) is 20.0. The summed E-state index contributed by atoms with van der Waals surface area (Å²) >= 11 is 0. The standard InChI is InChI=1S/C21H16O10/c1-28-16-8-3-5-12(22)14(24)18(8)30-20(26)10(16)7-11-17(29-2)9-4-6-13(23)15(25)19(9)31-21(11)27/h3-6,22-25H,7H2,1-2H3. The normalized spacial score (nSPS) is 11.2. The molecule has 0 saturated heterocycles. The van der Waals surface area contributed by atoms with Gasteiger partial charge in [-0.05, 0) is 24.3 Å². The summed E-state index contributed by atoms with van der Waals surface area (Å²) in [5.41, 5.74) is -2.51. The van der Waals surface area contributed by atoms with Gasteiger partial charge in [-0.2, -0.15) is 0 Å². The molecule has 0 amide bonds. The number of phenolic OH excluding ortho intramolecular Hbond substituents is 4. The van der Waals surface area contributed by atoms with Gasteiger partial charge >= 0.3 is 11.3 Å². The van der Waals surface area contributed by atoms with E-state index in [1.807, 2.05) is 0 Å². The lowest BCUT2D eigenvalue weighted by Crippen LogP contribution is -2.16. The van der Waals surface area contributed by atoms with Crippen molar-refractivity contribution in [1.29, 1.82) is 0 Å². The van der Waals surface area contributed by atoms with E-state index in [9.17, 15) is 30.0 Å². The minimum Gasteiger partial charge on any atom is -0.504 e. The van der Waals surface area contributed by atoms with Crippen molar-refractivity contribution in [3.8, 4) is 34.5 Å². The molecule has 31 heavy (non-hydrogen) atoms. The molecule has 4 rings (SSSR count). The molecule has 0 aliphatic rings. The zero-order valence-electron chi connectivity index (χ0n) is 16.3. The number of rotatable bonds is 4. The van der Waals surface area contributed by atoms with E-state index >= 15 is 0 Å². The molecule has 0 bridgehead atoms. The first-order valence-electron chi connectivity index (χ1n) is 8.87. The highest BCUT2D eigenvalue weighted by molar-refractivity contribution is 5.92. The van der Waals surface area contributed by atoms with Gasteiger partial charge in [-0.15, -0.1) is 0 Å². The van der Waals surface area contributed by atoms with E-state index in [2.05, 4.69) is 0 Å². The first-order chi connectivity index (χ1) is 14.8. The van der Waals surface area contributed by atoms with Gasteiger partial charge in [0.1, 0.15) is 11.5 Å². The third-order valence-electron chi connectivity index (χ3n) is 4.90. The minimum atomic E-state index is -0.916. The Balaban J connectivity index is 2.00. The topological polar surface area (TPSA) is 160 Å². The van der Waals surface area contributed by atoms with Crippen molar-refractivity contribution in [1.82, 2.24) is 0 Å². The minimum absolute atomic E-state index is 0.0247. The Labute approximate surface area is 172 Å². The predicted octanol–water partition coefficient (Wildman–Crippen LogP) is 2.33. The van der Waals surface area contributed by atoms with E-state index < -0.39 is 34.2 Å². The SMILES string of the molecule is COc1c(Cc2c(OC)c3ccc(O)c(O)c3oc2=O)c(=O)oc2c(O)c(O)ccc12. The molecular formula is C21H16O10. The molecule has 0 aliphatic heterocycles. The van der Waals surface area contributed by atoms with Gasteiger partial charge in [-0.1, -0.05) is 0 Å². The van der Waals surface area contributed by atoms with Gasteiger partial charge in [0.2, 0.25) is 11.5 Å². The van der Waals surface area contributed by atoms with E-state index in [1.165, 1.54) is 38.5 Å². The molecule has 0 aliphatic carbocycles. The Morgan fingerprint density at radius 2 is 1.10 bits per heavy atom. The maximum Gasteiger partial charge on any atom is 0.343 e. The molecule has 0 unspecified atom stereocenters. The number of phenols is 4. The van der Waals surface area contributed by atoms with E-state index in [0.29, 0.717) is 0 Å². The smallest absolute Gasteiger partial charge is 0.343 e. The van der Waals surface area contributed by atoms with Crippen LogP contribution in [-0.2, 0) is 6.42 Å². The highest BCUT2D eigenvalue weighted by Crippen LogP contribution is 2.41. The number of benzene rings is 2. The molecule has 2 aromatic carbocycles. The average molecular weight is 428 g/mol. The van der Waals surface area contributed by atoms with Crippen LogP contribution in [0, 0.1) is 0 Å². The van der Waals surface area contributed by atoms with E-state index in [-0.39, 0.29) is 51.0 Å². The summed E-state index contributed by atoms with van der Waals surface area (Å²) in [4.78, 5) is 25.3. The Morgan fingerprint density at radius 1 is 0.710 bits per heavy atom. The third kappa shape index (κ3) is 2.96. The highest BCUT2D eigenvalue weighted by atomic mass is 16.5. The Kier molecular flexibility index (Phi) is 4.61. The molecular weight excluding hydrogens is 412 g/mol. The summed E-state index contributed by atoms with van der Waals surface area (Å²) < 4.78 is 21.0. The van der Waals surface area contributed by atoms with Gasteiger partial charge in [-0.25, -0.2) is 9.59 Å². The average Bonchev–Trinajstić information content (AvgIpc) is 2.75. The molecule has 0 fully saturated rings. The van der Waals surface area contributed by atoms with Crippen LogP contribution in [0.15, 0.2) is 42.7 Å². The van der Waals surface area contributed by atoms with Gasteiger partial charge < -0.3 is 38.7 Å². The van der Waals surface area contributed by atoms with Crippen molar-refractivity contribution >= 4 is 21.9 Å². The molecule has 0 radical (unpaired) electrons. The molecule has 4 aromatic rings. The predicted molar refractivity (Wildman–Crippen MR) is 108 cm³/mol. The largest absolute Gasteiger partial charge is 0.504 e. The maximum absolute atomic E-state index is 12.7. The van der Waals surface area contributed by atoms with E-state index in [0.717, 1.165) is 0 Å². The lowest BCUT2D eigenvalue weighted by molar-refractivity contribution is 0.385. The van der Waals surface area contributed by atoms with Gasteiger partial charge in [0.25, 0.3) is 0 Å². The summed E-state index contributed by atoms with van der Waals surface area (Å²) in [7, 11) is 2.59. The van der Waals surface area contributed by atoms with Gasteiger partial charge in [0.05, 0.1) is 36.1 Å². The monoisotopic (exact) mass is 428 g/mol. The van der Waals surface area contributed by atoms with Gasteiger partial charge in [-0.3, -0.25) is 0 Å². The summed E-state index contributed by atoms with van der Waals surface area (Å²) in [5.74, 6) is -2.17. The summed E-state index contributed by atoms with van der Waals surface area (Å²) in [6, 6.07) is 5.17. The molecule has 160 valence electrons. The van der Waals surface area contributed by atoms with Crippen LogP contribution in [-0.4, -0.2) is 34.6 Å². The fourth-order valence-corrected chi connectivity index (χ4v) is 3.45. The van der Waals surface area contributed by atoms with Crippen molar-refractivity contribution in [2.75, 3.05) is 14.2 Å². The molecule has 0 spiro atoms. The fourth-order valence-electron chi connectivity index (χ4n) is 3.45. The second-order valence-electron chi connectivity index (χ2n) is 6.60. The van der Waals surface area contributed by atoms with Crippen molar-refractivity contribution in [2.24, 2.45) is 0 Å². The lowest BCUT2D eigenvalue weighted by Gasteiger charge is -2.14. The molecule has 0 atom stereocenters. The van der Waals surface area contributed by atoms with Crippen LogP contribution >= 0.6 is 0 Å².